The molecule has 0 spiro atoms. The molecule has 0 unspecified atom stereocenters. The highest BCUT2D eigenvalue weighted by Gasteiger charge is 2.03. The van der Waals surface area contributed by atoms with Gasteiger partial charge in [-0.05, 0) is 0 Å². The van der Waals surface area contributed by atoms with Gasteiger partial charge in [-0.25, -0.2) is 0 Å². The molecule has 0 bridgehead atoms. The summed E-state index contributed by atoms with van der Waals surface area (Å²) in [5, 5.41) is 44.1. The fraction of sp³-hybridized carbons (Fsp3) is 0.200. The van der Waals surface area contributed by atoms with Crippen molar-refractivity contribution >= 4 is 11.7 Å². The summed E-state index contributed by atoms with van der Waals surface area (Å²) in [7, 11) is 0. The lowest BCUT2D eigenvalue weighted by atomic mass is 10.3. The van der Waals surface area contributed by atoms with Gasteiger partial charge in [0.2, 0.25) is 0 Å². The summed E-state index contributed by atoms with van der Waals surface area (Å²) >= 11 is 0. The number of aliphatic imine (C=N–C) groups is 1. The van der Waals surface area contributed by atoms with Crippen LogP contribution in [0, 0.1) is 28.1 Å². The zero-order valence-electron chi connectivity index (χ0n) is 9.38. The van der Waals surface area contributed by atoms with E-state index >= 15 is 0 Å². The van der Waals surface area contributed by atoms with Crippen LogP contribution >= 0.6 is 0 Å². The first-order valence-electron chi connectivity index (χ1n) is 4.72. The smallest absolute Gasteiger partial charge is 0.139 e. The van der Waals surface area contributed by atoms with E-state index in [0.717, 1.165) is 0 Å². The molecule has 8 nitrogen and oxygen atoms in total. The van der Waals surface area contributed by atoms with Gasteiger partial charge in [-0.3, -0.25) is 10.4 Å². The second-order valence-electron chi connectivity index (χ2n) is 2.88. The predicted octanol–water partition coefficient (Wildman–Crippen LogP) is -0.159. The summed E-state index contributed by atoms with van der Waals surface area (Å²) in [6.45, 7) is 0.320. The van der Waals surface area contributed by atoms with Gasteiger partial charge in [0.25, 0.3) is 0 Å². The molecule has 0 rings (SSSR count). The molecule has 0 heterocycles. The highest BCUT2D eigenvalue weighted by molar-refractivity contribution is 6.00. The summed E-state index contributed by atoms with van der Waals surface area (Å²) in [5.41, 5.74) is 5.02. The fourth-order valence-electron chi connectivity index (χ4n) is 0.839. The third-order valence-corrected chi connectivity index (χ3v) is 1.74. The van der Waals surface area contributed by atoms with Crippen LogP contribution in [0.3, 0.4) is 0 Å². The van der Waals surface area contributed by atoms with E-state index in [1.54, 1.807) is 12.1 Å². The Morgan fingerprint density at radius 1 is 1.28 bits per heavy atom. The molecule has 0 amide bonds. The van der Waals surface area contributed by atoms with Gasteiger partial charge < -0.3 is 21.3 Å². The Morgan fingerprint density at radius 3 is 2.28 bits per heavy atom. The largest absolute Gasteiger partial charge is 0.514 e. The number of aliphatic hydroxyl groups is 2. The minimum absolute atomic E-state index is 0.119. The van der Waals surface area contributed by atoms with Crippen molar-refractivity contribution in [1.29, 1.82) is 15.9 Å². The van der Waals surface area contributed by atoms with E-state index in [1.165, 1.54) is 0 Å². The molecule has 0 atom stereocenters. The molecule has 0 fully saturated rings. The molecule has 18 heavy (non-hydrogen) atoms. The van der Waals surface area contributed by atoms with Crippen LogP contribution in [-0.2, 0) is 0 Å². The number of aliphatic hydroxyl groups excluding tert-OH is 2. The zero-order chi connectivity index (χ0) is 14.0. The molecule has 0 aliphatic rings. The van der Waals surface area contributed by atoms with Crippen molar-refractivity contribution in [3.63, 3.8) is 0 Å². The average molecular weight is 248 g/mol. The van der Waals surface area contributed by atoms with Gasteiger partial charge in [-0.15, -0.1) is 0 Å². The van der Waals surface area contributed by atoms with Crippen molar-refractivity contribution in [2.45, 2.75) is 0 Å². The molecule has 0 saturated heterocycles. The average Bonchev–Trinajstić information content (AvgIpc) is 2.37. The summed E-state index contributed by atoms with van der Waals surface area (Å²) in [6, 6.07) is 3.26. The monoisotopic (exact) mass is 248 g/mol. The van der Waals surface area contributed by atoms with Crippen LogP contribution in [0.25, 0.3) is 0 Å². The molecule has 0 aromatic carbocycles. The van der Waals surface area contributed by atoms with Crippen molar-refractivity contribution < 1.29 is 10.2 Å². The van der Waals surface area contributed by atoms with Crippen LogP contribution in [-0.4, -0.2) is 35.0 Å². The molecule has 0 aromatic heterocycles. The van der Waals surface area contributed by atoms with Crippen LogP contribution in [0.2, 0.25) is 0 Å². The predicted molar refractivity (Wildman–Crippen MR) is 64.9 cm³/mol. The number of nitrogens with one attached hydrogen (secondary N) is 2. The topological polar surface area (TPSA) is 162 Å². The van der Waals surface area contributed by atoms with Crippen LogP contribution in [0.4, 0.5) is 0 Å². The molecule has 0 aliphatic carbocycles. The van der Waals surface area contributed by atoms with Gasteiger partial charge in [-0.2, -0.15) is 10.5 Å². The summed E-state index contributed by atoms with van der Waals surface area (Å²) < 4.78 is 0. The SMILES string of the molecule is N#C/C(=C\O)C(=N)NCCN=C(N)/C(C#N)=C/O. The first kappa shape index (κ1) is 15.0. The van der Waals surface area contributed by atoms with Crippen molar-refractivity contribution in [2.24, 2.45) is 10.7 Å². The molecule has 0 saturated carbocycles. The van der Waals surface area contributed by atoms with E-state index in [4.69, 9.17) is 31.9 Å². The maximum absolute atomic E-state index is 8.61. The Morgan fingerprint density at radius 2 is 1.83 bits per heavy atom. The number of hydrogen-bond donors (Lipinski definition) is 5. The quantitative estimate of drug-likeness (QED) is 0.149. The molecular formula is C10H12N6O2. The molecule has 94 valence electrons. The van der Waals surface area contributed by atoms with Crippen LogP contribution in [0.1, 0.15) is 0 Å². The number of nitriles is 2. The Balaban J connectivity index is 4.25. The number of rotatable bonds is 5. The first-order chi connectivity index (χ1) is 8.60. The minimum atomic E-state index is -0.244. The third-order valence-electron chi connectivity index (χ3n) is 1.74. The number of hydrogen-bond acceptors (Lipinski definition) is 6. The van der Waals surface area contributed by atoms with E-state index < -0.39 is 0 Å². The summed E-state index contributed by atoms with van der Waals surface area (Å²) in [6.07, 6.45) is 1.08. The summed E-state index contributed by atoms with van der Waals surface area (Å²) in [4.78, 5) is 3.77. The zero-order valence-corrected chi connectivity index (χ0v) is 9.38. The van der Waals surface area contributed by atoms with Gasteiger partial charge in [-0.1, -0.05) is 0 Å². The van der Waals surface area contributed by atoms with Gasteiger partial charge in [0.1, 0.15) is 47.5 Å². The lowest BCUT2D eigenvalue weighted by Gasteiger charge is -2.04. The maximum atomic E-state index is 8.61. The lowest BCUT2D eigenvalue weighted by Crippen LogP contribution is -2.27. The van der Waals surface area contributed by atoms with E-state index in [2.05, 4.69) is 10.3 Å². The van der Waals surface area contributed by atoms with Crippen molar-refractivity contribution in [3.8, 4) is 12.1 Å². The molecule has 0 aliphatic heterocycles. The second-order valence-corrected chi connectivity index (χ2v) is 2.88. The van der Waals surface area contributed by atoms with Gasteiger partial charge in [0.05, 0.1) is 6.54 Å². The summed E-state index contributed by atoms with van der Waals surface area (Å²) in [5.74, 6) is -0.362. The molecule has 6 N–H and O–H groups in total. The Kier molecular flexibility index (Phi) is 6.82. The van der Waals surface area contributed by atoms with Gasteiger partial charge in [0, 0.05) is 6.54 Å². The Bertz CT molecular complexity index is 478. The van der Waals surface area contributed by atoms with E-state index in [9.17, 15) is 0 Å². The number of nitrogens with zero attached hydrogens (tertiary/aromatic N) is 3. The van der Waals surface area contributed by atoms with Crippen LogP contribution in [0.5, 0.6) is 0 Å². The van der Waals surface area contributed by atoms with E-state index in [1.807, 2.05) is 0 Å². The molecule has 8 heteroatoms. The third kappa shape index (κ3) is 4.68. The minimum Gasteiger partial charge on any atom is -0.514 e. The second kappa shape index (κ2) is 8.19. The highest BCUT2D eigenvalue weighted by atomic mass is 16.2. The lowest BCUT2D eigenvalue weighted by molar-refractivity contribution is 0.471. The van der Waals surface area contributed by atoms with Gasteiger partial charge in [0.15, 0.2) is 0 Å². The Hall–Kier alpha value is -3.00. The van der Waals surface area contributed by atoms with Crippen molar-refractivity contribution in [2.75, 3.05) is 13.1 Å². The van der Waals surface area contributed by atoms with Crippen molar-refractivity contribution in [1.82, 2.24) is 5.32 Å². The Labute approximate surface area is 103 Å². The van der Waals surface area contributed by atoms with E-state index in [0.29, 0.717) is 12.5 Å². The maximum Gasteiger partial charge on any atom is 0.139 e. The number of nitrogens with two attached hydrogens (primary N) is 1. The highest BCUT2D eigenvalue weighted by Crippen LogP contribution is 1.91. The number of amidine groups is 2. The first-order valence-corrected chi connectivity index (χ1v) is 4.72. The normalized spacial score (nSPS) is 12.4. The van der Waals surface area contributed by atoms with E-state index in [-0.39, 0.29) is 35.9 Å². The van der Waals surface area contributed by atoms with Crippen LogP contribution in [0.15, 0.2) is 28.7 Å². The standard InChI is InChI=1S/C10H12N6O2/c11-3-7(5-17)9(13)15-1-2-16-10(14)8(4-12)6-18/h5-6,17-18H,1-2H2,(H2,13,15)(H2,14,16)/b7-5+,8-6+. The fourth-order valence-corrected chi connectivity index (χ4v) is 0.839. The van der Waals surface area contributed by atoms with Crippen molar-refractivity contribution in [3.05, 3.63) is 23.7 Å². The molecule has 0 radical (unpaired) electrons. The molecule has 0 aromatic rings. The van der Waals surface area contributed by atoms with Crippen LogP contribution < -0.4 is 11.1 Å². The van der Waals surface area contributed by atoms with Gasteiger partial charge >= 0.3 is 0 Å². The molecular weight excluding hydrogens is 236 g/mol.